The van der Waals surface area contributed by atoms with Gasteiger partial charge in [0.1, 0.15) is 5.02 Å². The quantitative estimate of drug-likeness (QED) is 0.911. The molecule has 112 valence electrons. The van der Waals surface area contributed by atoms with E-state index in [1.54, 1.807) is 0 Å². The molecule has 0 saturated carbocycles. The first-order valence-electron chi connectivity index (χ1n) is 6.87. The van der Waals surface area contributed by atoms with Crippen LogP contribution in [0.5, 0.6) is 0 Å². The molecule has 0 atom stereocenters. The molecule has 2 N–H and O–H groups in total. The molecule has 21 heavy (non-hydrogen) atoms. The second-order valence-corrected chi connectivity index (χ2v) is 5.76. The van der Waals surface area contributed by atoms with Gasteiger partial charge in [0, 0.05) is 6.54 Å². The number of hydrogen-bond acceptors (Lipinski definition) is 3. The van der Waals surface area contributed by atoms with E-state index < -0.39 is 0 Å². The van der Waals surface area contributed by atoms with Crippen molar-refractivity contribution in [2.75, 3.05) is 5.32 Å². The molecular weight excluding hydrogens is 286 g/mol. The Morgan fingerprint density at radius 1 is 1.05 bits per heavy atom. The smallest absolute Gasteiger partial charge is 0.285 e. The number of halogens is 1. The van der Waals surface area contributed by atoms with E-state index in [2.05, 4.69) is 50.1 Å². The van der Waals surface area contributed by atoms with Crippen LogP contribution in [0.4, 0.5) is 5.69 Å². The van der Waals surface area contributed by atoms with Crippen molar-refractivity contribution in [3.63, 3.8) is 0 Å². The van der Waals surface area contributed by atoms with Crippen LogP contribution in [0, 0.1) is 34.6 Å². The van der Waals surface area contributed by atoms with Crippen molar-refractivity contribution in [1.29, 1.82) is 0 Å². The molecule has 0 spiro atoms. The SMILES string of the molecule is Cc1c(C)c(C)c(CNc2cn[nH]c(=O)c2Cl)c(C)c1C. The highest BCUT2D eigenvalue weighted by Gasteiger charge is 2.13. The molecule has 0 aliphatic carbocycles. The van der Waals surface area contributed by atoms with Crippen molar-refractivity contribution >= 4 is 17.3 Å². The summed E-state index contributed by atoms with van der Waals surface area (Å²) in [6.07, 6.45) is 1.53. The number of anilines is 1. The van der Waals surface area contributed by atoms with E-state index in [0.29, 0.717) is 12.2 Å². The van der Waals surface area contributed by atoms with Crippen LogP contribution in [-0.2, 0) is 6.54 Å². The van der Waals surface area contributed by atoms with Crippen molar-refractivity contribution in [2.45, 2.75) is 41.2 Å². The van der Waals surface area contributed by atoms with Gasteiger partial charge in [0.05, 0.1) is 11.9 Å². The Balaban J connectivity index is 2.37. The van der Waals surface area contributed by atoms with Gasteiger partial charge in [-0.25, -0.2) is 5.10 Å². The maximum absolute atomic E-state index is 11.4. The fourth-order valence-electron chi connectivity index (χ4n) is 2.53. The lowest BCUT2D eigenvalue weighted by molar-refractivity contribution is 0.975. The van der Waals surface area contributed by atoms with Crippen molar-refractivity contribution in [3.8, 4) is 0 Å². The number of benzene rings is 1. The first-order valence-corrected chi connectivity index (χ1v) is 7.25. The topological polar surface area (TPSA) is 57.8 Å². The zero-order valence-corrected chi connectivity index (χ0v) is 13.8. The number of aromatic nitrogens is 2. The largest absolute Gasteiger partial charge is 0.378 e. The van der Waals surface area contributed by atoms with Gasteiger partial charge >= 0.3 is 0 Å². The van der Waals surface area contributed by atoms with E-state index in [4.69, 9.17) is 11.6 Å². The average Bonchev–Trinajstić information content (AvgIpc) is 2.47. The van der Waals surface area contributed by atoms with Gasteiger partial charge in [0.15, 0.2) is 0 Å². The first kappa shape index (κ1) is 15.6. The molecule has 1 aromatic heterocycles. The van der Waals surface area contributed by atoms with E-state index in [9.17, 15) is 4.79 Å². The molecular formula is C16H20ClN3O. The lowest BCUT2D eigenvalue weighted by Crippen LogP contribution is -2.13. The van der Waals surface area contributed by atoms with Crippen LogP contribution in [0.2, 0.25) is 5.02 Å². The van der Waals surface area contributed by atoms with E-state index >= 15 is 0 Å². The van der Waals surface area contributed by atoms with E-state index in [-0.39, 0.29) is 10.6 Å². The van der Waals surface area contributed by atoms with Crippen LogP contribution >= 0.6 is 11.6 Å². The normalized spacial score (nSPS) is 10.8. The molecule has 0 bridgehead atoms. The van der Waals surface area contributed by atoms with Gasteiger partial charge in [0.25, 0.3) is 5.56 Å². The molecule has 0 unspecified atom stereocenters. The van der Waals surface area contributed by atoms with Crippen LogP contribution in [0.15, 0.2) is 11.0 Å². The fourth-order valence-corrected chi connectivity index (χ4v) is 2.69. The molecule has 0 amide bonds. The predicted octanol–water partition coefficient (Wildman–Crippen LogP) is 3.58. The van der Waals surface area contributed by atoms with Crippen LogP contribution in [-0.4, -0.2) is 10.2 Å². The lowest BCUT2D eigenvalue weighted by Gasteiger charge is -2.19. The summed E-state index contributed by atoms with van der Waals surface area (Å²) in [5, 5.41) is 9.43. The summed E-state index contributed by atoms with van der Waals surface area (Å²) < 4.78 is 0. The standard InChI is InChI=1S/C16H20ClN3O/c1-8-9(2)11(4)13(12(5)10(8)3)6-18-14-7-19-20-16(21)15(14)17/h7H,6H2,1-5H3,(H2,18,20,21). The Morgan fingerprint density at radius 3 is 2.14 bits per heavy atom. The molecule has 1 aromatic carbocycles. The van der Waals surface area contributed by atoms with Crippen LogP contribution in [0.3, 0.4) is 0 Å². The summed E-state index contributed by atoms with van der Waals surface area (Å²) in [6, 6.07) is 0. The summed E-state index contributed by atoms with van der Waals surface area (Å²) in [5.41, 5.74) is 7.92. The Hall–Kier alpha value is -1.81. The van der Waals surface area contributed by atoms with Gasteiger partial charge in [-0.1, -0.05) is 11.6 Å². The number of H-pyrrole nitrogens is 1. The highest BCUT2D eigenvalue weighted by atomic mass is 35.5. The van der Waals surface area contributed by atoms with Gasteiger partial charge < -0.3 is 5.32 Å². The zero-order chi connectivity index (χ0) is 15.7. The lowest BCUT2D eigenvalue weighted by atomic mass is 9.89. The maximum atomic E-state index is 11.4. The molecule has 5 heteroatoms. The summed E-state index contributed by atoms with van der Waals surface area (Å²) >= 11 is 5.98. The molecule has 4 nitrogen and oxygen atoms in total. The second-order valence-electron chi connectivity index (χ2n) is 5.38. The van der Waals surface area contributed by atoms with Gasteiger partial charge in [-0.15, -0.1) is 0 Å². The zero-order valence-electron chi connectivity index (χ0n) is 13.0. The third kappa shape index (κ3) is 2.81. The van der Waals surface area contributed by atoms with Crippen molar-refractivity contribution in [2.24, 2.45) is 0 Å². The molecule has 0 radical (unpaired) electrons. The number of rotatable bonds is 3. The summed E-state index contributed by atoms with van der Waals surface area (Å²) in [5.74, 6) is 0. The number of aromatic amines is 1. The fraction of sp³-hybridized carbons (Fsp3) is 0.375. The van der Waals surface area contributed by atoms with E-state index in [1.165, 1.54) is 39.6 Å². The molecule has 0 aliphatic rings. The van der Waals surface area contributed by atoms with Crippen molar-refractivity contribution in [1.82, 2.24) is 10.2 Å². The third-order valence-electron chi connectivity index (χ3n) is 4.41. The molecule has 2 aromatic rings. The molecule has 0 fully saturated rings. The van der Waals surface area contributed by atoms with Crippen LogP contribution < -0.4 is 10.9 Å². The van der Waals surface area contributed by atoms with E-state index in [0.717, 1.165) is 0 Å². The van der Waals surface area contributed by atoms with Crippen LogP contribution in [0.1, 0.15) is 33.4 Å². The number of nitrogens with one attached hydrogen (secondary N) is 2. The summed E-state index contributed by atoms with van der Waals surface area (Å²) in [4.78, 5) is 11.4. The van der Waals surface area contributed by atoms with Gasteiger partial charge in [-0.3, -0.25) is 4.79 Å². The monoisotopic (exact) mass is 305 g/mol. The highest BCUT2D eigenvalue weighted by Crippen LogP contribution is 2.27. The minimum absolute atomic E-state index is 0.140. The van der Waals surface area contributed by atoms with Crippen LogP contribution in [0.25, 0.3) is 0 Å². The molecule has 0 aliphatic heterocycles. The molecule has 1 heterocycles. The van der Waals surface area contributed by atoms with Gasteiger partial charge in [0.2, 0.25) is 0 Å². The second kappa shape index (κ2) is 5.90. The predicted molar refractivity (Wildman–Crippen MR) is 87.3 cm³/mol. The van der Waals surface area contributed by atoms with E-state index in [1.807, 2.05) is 0 Å². The minimum Gasteiger partial charge on any atom is -0.378 e. The maximum Gasteiger partial charge on any atom is 0.285 e. The summed E-state index contributed by atoms with van der Waals surface area (Å²) in [7, 11) is 0. The minimum atomic E-state index is -0.383. The summed E-state index contributed by atoms with van der Waals surface area (Å²) in [6.45, 7) is 11.3. The Kier molecular flexibility index (Phi) is 4.37. The average molecular weight is 306 g/mol. The molecule has 2 rings (SSSR count). The van der Waals surface area contributed by atoms with Gasteiger partial charge in [-0.2, -0.15) is 5.10 Å². The molecule has 0 saturated heterocycles. The number of nitrogens with zero attached hydrogens (tertiary/aromatic N) is 1. The Labute approximate surface area is 129 Å². The van der Waals surface area contributed by atoms with Crippen molar-refractivity contribution in [3.05, 3.63) is 55.0 Å². The van der Waals surface area contributed by atoms with Crippen molar-refractivity contribution < 1.29 is 0 Å². The first-order chi connectivity index (χ1) is 9.84. The number of hydrogen-bond donors (Lipinski definition) is 2. The highest BCUT2D eigenvalue weighted by molar-refractivity contribution is 6.32. The van der Waals surface area contributed by atoms with Gasteiger partial charge in [-0.05, 0) is 68.0 Å². The Morgan fingerprint density at radius 2 is 1.57 bits per heavy atom. The third-order valence-corrected chi connectivity index (χ3v) is 4.78. The Bertz CT molecular complexity index is 721.